The molecule has 10 heteroatoms. The molecule has 4 rings (SSSR count). The molecule has 0 aliphatic carbocycles. The Hall–Kier alpha value is -3.56. The Bertz CT molecular complexity index is 1180. The zero-order valence-electron chi connectivity index (χ0n) is 15.9. The predicted molar refractivity (Wildman–Crippen MR) is 103 cm³/mol. The molecule has 3 aromatic rings. The smallest absolute Gasteiger partial charge is 0.416 e. The summed E-state index contributed by atoms with van der Waals surface area (Å²) in [6.45, 7) is 0.651. The summed E-state index contributed by atoms with van der Waals surface area (Å²) in [6.07, 6.45) is -4.45. The SMILES string of the molecule is COc1ccc(N2CCn3c2nn(Cc2ccc(C(F)(F)F)cc2)c(=O)c3=O)cc1. The van der Waals surface area contributed by atoms with Crippen molar-refractivity contribution in [3.63, 3.8) is 0 Å². The van der Waals surface area contributed by atoms with Crippen LogP contribution in [0.4, 0.5) is 24.8 Å². The van der Waals surface area contributed by atoms with Crippen molar-refractivity contribution in [3.05, 3.63) is 80.4 Å². The first kappa shape index (κ1) is 19.7. The molecule has 0 atom stereocenters. The minimum Gasteiger partial charge on any atom is -0.497 e. The van der Waals surface area contributed by atoms with Crippen LogP contribution in [-0.2, 0) is 19.3 Å². The summed E-state index contributed by atoms with van der Waals surface area (Å²) in [6, 6.07) is 11.6. The van der Waals surface area contributed by atoms with Gasteiger partial charge in [0.2, 0.25) is 5.95 Å². The number of aromatic nitrogens is 3. The third-order valence-electron chi connectivity index (χ3n) is 4.90. The number of fused-ring (bicyclic) bond motifs is 1. The first-order valence-corrected chi connectivity index (χ1v) is 9.07. The molecule has 2 aromatic carbocycles. The maximum Gasteiger partial charge on any atom is 0.416 e. The molecule has 1 aliphatic heterocycles. The average Bonchev–Trinajstić information content (AvgIpc) is 3.15. The van der Waals surface area contributed by atoms with Crippen molar-refractivity contribution >= 4 is 11.6 Å². The van der Waals surface area contributed by atoms with E-state index in [2.05, 4.69) is 5.10 Å². The molecule has 0 amide bonds. The van der Waals surface area contributed by atoms with Gasteiger partial charge in [-0.2, -0.15) is 13.2 Å². The average molecular weight is 418 g/mol. The van der Waals surface area contributed by atoms with E-state index in [4.69, 9.17) is 4.74 Å². The number of nitrogens with zero attached hydrogens (tertiary/aromatic N) is 4. The number of anilines is 2. The van der Waals surface area contributed by atoms with Crippen LogP contribution in [0.3, 0.4) is 0 Å². The van der Waals surface area contributed by atoms with Crippen molar-refractivity contribution in [1.82, 2.24) is 14.3 Å². The summed E-state index contributed by atoms with van der Waals surface area (Å²) in [5, 5.41) is 4.32. The maximum atomic E-state index is 12.7. The van der Waals surface area contributed by atoms with Crippen molar-refractivity contribution in [1.29, 1.82) is 0 Å². The summed E-state index contributed by atoms with van der Waals surface area (Å²) in [5.74, 6) is 0.979. The highest BCUT2D eigenvalue weighted by molar-refractivity contribution is 5.59. The van der Waals surface area contributed by atoms with E-state index in [0.717, 1.165) is 22.5 Å². The molecule has 156 valence electrons. The number of halogens is 3. The van der Waals surface area contributed by atoms with Crippen molar-refractivity contribution in [3.8, 4) is 5.75 Å². The van der Waals surface area contributed by atoms with Crippen LogP contribution in [0.15, 0.2) is 58.1 Å². The summed E-state index contributed by atoms with van der Waals surface area (Å²) < 4.78 is 45.7. The summed E-state index contributed by atoms with van der Waals surface area (Å²) >= 11 is 0. The normalized spacial score (nSPS) is 13.4. The van der Waals surface area contributed by atoms with Gasteiger partial charge >= 0.3 is 17.3 Å². The molecule has 0 unspecified atom stereocenters. The number of hydrogen-bond acceptors (Lipinski definition) is 5. The molecular weight excluding hydrogens is 401 g/mol. The lowest BCUT2D eigenvalue weighted by molar-refractivity contribution is -0.137. The van der Waals surface area contributed by atoms with Crippen molar-refractivity contribution < 1.29 is 17.9 Å². The highest BCUT2D eigenvalue weighted by atomic mass is 19.4. The van der Waals surface area contributed by atoms with Crippen LogP contribution in [0.25, 0.3) is 0 Å². The highest BCUT2D eigenvalue weighted by Crippen LogP contribution is 2.30. The van der Waals surface area contributed by atoms with E-state index in [1.807, 2.05) is 12.1 Å². The number of ether oxygens (including phenoxy) is 1. The van der Waals surface area contributed by atoms with Gasteiger partial charge in [-0.05, 0) is 42.0 Å². The molecule has 7 nitrogen and oxygen atoms in total. The molecule has 0 saturated heterocycles. The van der Waals surface area contributed by atoms with Gasteiger partial charge in [0.1, 0.15) is 5.75 Å². The third-order valence-corrected chi connectivity index (χ3v) is 4.90. The standard InChI is InChI=1S/C20H17F3N4O3/c1-30-16-8-6-15(7-9-16)25-10-11-26-17(28)18(29)27(24-19(25)26)12-13-2-4-14(5-3-13)20(21,22)23/h2-9H,10-12H2,1H3. The van der Waals surface area contributed by atoms with Gasteiger partial charge in [-0.1, -0.05) is 12.1 Å². The van der Waals surface area contributed by atoms with Crippen LogP contribution in [-0.4, -0.2) is 28.0 Å². The Morgan fingerprint density at radius 1 is 0.967 bits per heavy atom. The first-order valence-electron chi connectivity index (χ1n) is 9.07. The summed E-state index contributed by atoms with van der Waals surface area (Å²) in [5.41, 5.74) is -1.13. The Morgan fingerprint density at radius 3 is 2.23 bits per heavy atom. The van der Waals surface area contributed by atoms with Gasteiger partial charge in [0, 0.05) is 18.8 Å². The third kappa shape index (κ3) is 3.56. The quantitative estimate of drug-likeness (QED) is 0.610. The Balaban J connectivity index is 1.68. The lowest BCUT2D eigenvalue weighted by Crippen LogP contribution is -2.42. The van der Waals surface area contributed by atoms with E-state index in [9.17, 15) is 22.8 Å². The van der Waals surface area contributed by atoms with Gasteiger partial charge in [0.15, 0.2) is 0 Å². The molecule has 0 N–H and O–H groups in total. The van der Waals surface area contributed by atoms with Crippen LogP contribution in [0.1, 0.15) is 11.1 Å². The number of benzene rings is 2. The molecule has 0 spiro atoms. The maximum absolute atomic E-state index is 12.7. The Morgan fingerprint density at radius 2 is 1.63 bits per heavy atom. The second kappa shape index (κ2) is 7.36. The van der Waals surface area contributed by atoms with Crippen LogP contribution in [0.2, 0.25) is 0 Å². The first-order chi connectivity index (χ1) is 14.3. The lowest BCUT2D eigenvalue weighted by Gasteiger charge is -2.18. The van der Waals surface area contributed by atoms with E-state index in [1.165, 1.54) is 16.7 Å². The van der Waals surface area contributed by atoms with Gasteiger partial charge in [-0.25, -0.2) is 4.68 Å². The van der Waals surface area contributed by atoms with Crippen molar-refractivity contribution in [2.75, 3.05) is 18.6 Å². The van der Waals surface area contributed by atoms with Crippen LogP contribution < -0.4 is 20.8 Å². The van der Waals surface area contributed by atoms with E-state index in [-0.39, 0.29) is 6.54 Å². The number of hydrogen-bond donors (Lipinski definition) is 0. The summed E-state index contributed by atoms with van der Waals surface area (Å²) in [4.78, 5) is 26.8. The number of rotatable bonds is 4. The van der Waals surface area contributed by atoms with E-state index in [0.29, 0.717) is 30.4 Å². The number of methoxy groups -OCH3 is 1. The van der Waals surface area contributed by atoms with Crippen molar-refractivity contribution in [2.24, 2.45) is 0 Å². The van der Waals surface area contributed by atoms with Gasteiger partial charge in [0.05, 0.1) is 19.2 Å². The van der Waals surface area contributed by atoms with Crippen LogP contribution in [0.5, 0.6) is 5.75 Å². The summed E-state index contributed by atoms with van der Waals surface area (Å²) in [7, 11) is 1.56. The van der Waals surface area contributed by atoms with Gasteiger partial charge in [-0.15, -0.1) is 5.10 Å². The van der Waals surface area contributed by atoms with E-state index in [1.54, 1.807) is 24.1 Å². The van der Waals surface area contributed by atoms with Crippen LogP contribution in [0, 0.1) is 0 Å². The minimum atomic E-state index is -4.45. The molecule has 0 fully saturated rings. The van der Waals surface area contributed by atoms with Gasteiger partial charge in [0.25, 0.3) is 0 Å². The molecule has 2 heterocycles. The topological polar surface area (TPSA) is 69.4 Å². The zero-order valence-corrected chi connectivity index (χ0v) is 15.9. The van der Waals surface area contributed by atoms with Crippen molar-refractivity contribution in [2.45, 2.75) is 19.3 Å². The fourth-order valence-electron chi connectivity index (χ4n) is 3.31. The molecule has 0 saturated carbocycles. The Labute approximate surface area is 168 Å². The molecule has 1 aliphatic rings. The van der Waals surface area contributed by atoms with E-state index < -0.39 is 22.9 Å². The zero-order chi connectivity index (χ0) is 21.5. The predicted octanol–water partition coefficient (Wildman–Crippen LogP) is 2.63. The molecule has 0 radical (unpaired) electrons. The number of alkyl halides is 3. The fraction of sp³-hybridized carbons (Fsp3) is 0.250. The second-order valence-corrected chi connectivity index (χ2v) is 6.76. The molecular formula is C20H17F3N4O3. The highest BCUT2D eigenvalue weighted by Gasteiger charge is 2.30. The largest absolute Gasteiger partial charge is 0.497 e. The van der Waals surface area contributed by atoms with Gasteiger partial charge < -0.3 is 9.64 Å². The lowest BCUT2D eigenvalue weighted by atomic mass is 10.1. The fourth-order valence-corrected chi connectivity index (χ4v) is 3.31. The molecule has 30 heavy (non-hydrogen) atoms. The second-order valence-electron chi connectivity index (χ2n) is 6.76. The van der Waals surface area contributed by atoms with Gasteiger partial charge in [-0.3, -0.25) is 14.2 Å². The van der Waals surface area contributed by atoms with Crippen LogP contribution >= 0.6 is 0 Å². The minimum absolute atomic E-state index is 0.115. The molecule has 0 bridgehead atoms. The van der Waals surface area contributed by atoms with E-state index >= 15 is 0 Å². The molecule has 1 aromatic heterocycles. The Kier molecular flexibility index (Phi) is 4.84. The monoisotopic (exact) mass is 418 g/mol.